The summed E-state index contributed by atoms with van der Waals surface area (Å²) < 4.78 is 7.34. The number of aromatic nitrogens is 2. The van der Waals surface area contributed by atoms with Crippen molar-refractivity contribution in [3.63, 3.8) is 0 Å². The van der Waals surface area contributed by atoms with Crippen LogP contribution in [0, 0.1) is 0 Å². The lowest BCUT2D eigenvalue weighted by Crippen LogP contribution is -2.38. The summed E-state index contributed by atoms with van der Waals surface area (Å²) in [4.78, 5) is 8.37. The number of hydrogen-bond acceptors (Lipinski definition) is 3. The first kappa shape index (κ1) is 14.9. The Morgan fingerprint density at radius 1 is 1.29 bits per heavy atom. The molecule has 2 heterocycles. The second kappa shape index (κ2) is 7.94. The number of pyridine rings is 1. The van der Waals surface area contributed by atoms with Gasteiger partial charge >= 0.3 is 0 Å². The zero-order chi connectivity index (χ0) is 14.9. The third-order valence-corrected chi connectivity index (χ3v) is 3.04. The maximum atomic E-state index is 5.23. The first-order valence-electron chi connectivity index (χ1n) is 6.86. The molecule has 0 amide bonds. The topological polar surface area (TPSA) is 63.5 Å². The molecule has 0 unspecified atom stereocenters. The summed E-state index contributed by atoms with van der Waals surface area (Å²) in [5.74, 6) is 1.39. The van der Waals surface area contributed by atoms with Gasteiger partial charge < -0.3 is 19.9 Å². The van der Waals surface area contributed by atoms with Crippen LogP contribution in [0.1, 0.15) is 5.56 Å². The van der Waals surface area contributed by atoms with Crippen LogP contribution in [0.4, 0.5) is 0 Å². The van der Waals surface area contributed by atoms with Gasteiger partial charge in [0, 0.05) is 50.8 Å². The lowest BCUT2D eigenvalue weighted by molar-refractivity contribution is 0.392. The molecular formula is C15H21N5O. The van der Waals surface area contributed by atoms with Crippen LogP contribution >= 0.6 is 0 Å². The van der Waals surface area contributed by atoms with Gasteiger partial charge in [-0.05, 0) is 18.2 Å². The molecule has 0 bridgehead atoms. The van der Waals surface area contributed by atoms with E-state index in [0.29, 0.717) is 12.4 Å². The molecule has 0 aromatic carbocycles. The molecule has 0 spiro atoms. The number of nitrogens with one attached hydrogen (secondary N) is 2. The average Bonchev–Trinajstić information content (AvgIpc) is 3.04. The Bertz CT molecular complexity index is 565. The quantitative estimate of drug-likeness (QED) is 0.620. The van der Waals surface area contributed by atoms with Gasteiger partial charge in [-0.1, -0.05) is 6.07 Å². The first-order chi connectivity index (χ1) is 10.3. The van der Waals surface area contributed by atoms with E-state index in [9.17, 15) is 0 Å². The number of aliphatic imine (C=N–C) groups is 1. The summed E-state index contributed by atoms with van der Waals surface area (Å²) in [5.41, 5.74) is 0.994. The Labute approximate surface area is 124 Å². The van der Waals surface area contributed by atoms with Crippen molar-refractivity contribution in [2.24, 2.45) is 4.99 Å². The summed E-state index contributed by atoms with van der Waals surface area (Å²) in [6.07, 6.45) is 5.79. The van der Waals surface area contributed by atoms with E-state index in [1.165, 1.54) is 0 Å². The molecule has 0 saturated heterocycles. The van der Waals surface area contributed by atoms with Crippen molar-refractivity contribution in [1.29, 1.82) is 0 Å². The number of methoxy groups -OCH3 is 1. The minimum Gasteiger partial charge on any atom is -0.481 e. The Balaban J connectivity index is 1.80. The summed E-state index contributed by atoms with van der Waals surface area (Å²) in [7, 11) is 3.38. The maximum absolute atomic E-state index is 5.23. The van der Waals surface area contributed by atoms with Crippen molar-refractivity contribution in [2.45, 2.75) is 13.1 Å². The second-order valence-electron chi connectivity index (χ2n) is 4.45. The van der Waals surface area contributed by atoms with Crippen LogP contribution in [0.15, 0.2) is 47.8 Å². The highest BCUT2D eigenvalue weighted by Crippen LogP contribution is 2.12. The highest BCUT2D eigenvalue weighted by molar-refractivity contribution is 5.79. The molecule has 0 atom stereocenters. The Morgan fingerprint density at radius 2 is 2.10 bits per heavy atom. The third-order valence-electron chi connectivity index (χ3n) is 3.04. The summed E-state index contributed by atoms with van der Waals surface area (Å²) in [5, 5.41) is 6.52. The minimum absolute atomic E-state index is 0.611. The normalized spacial score (nSPS) is 11.2. The SMILES string of the molecule is CN=C(NCCn1cccc1)NCc1cccnc1OC. The zero-order valence-corrected chi connectivity index (χ0v) is 12.4. The number of rotatable bonds is 6. The van der Waals surface area contributed by atoms with Gasteiger partial charge in [-0.25, -0.2) is 4.98 Å². The van der Waals surface area contributed by atoms with E-state index in [1.807, 2.05) is 36.7 Å². The van der Waals surface area contributed by atoms with Gasteiger partial charge in [0.1, 0.15) is 0 Å². The van der Waals surface area contributed by atoms with Crippen LogP contribution in [-0.4, -0.2) is 36.2 Å². The molecule has 2 N–H and O–H groups in total. The molecule has 112 valence electrons. The predicted octanol–water partition coefficient (Wildman–Crippen LogP) is 1.26. The molecule has 0 radical (unpaired) electrons. The molecule has 0 aliphatic carbocycles. The Morgan fingerprint density at radius 3 is 2.81 bits per heavy atom. The number of nitrogens with zero attached hydrogens (tertiary/aromatic N) is 3. The van der Waals surface area contributed by atoms with Crippen LogP contribution < -0.4 is 15.4 Å². The fourth-order valence-electron chi connectivity index (χ4n) is 1.96. The zero-order valence-electron chi connectivity index (χ0n) is 12.4. The smallest absolute Gasteiger partial charge is 0.218 e. The lowest BCUT2D eigenvalue weighted by atomic mass is 10.3. The van der Waals surface area contributed by atoms with Crippen LogP contribution in [0.3, 0.4) is 0 Å². The molecule has 2 aromatic heterocycles. The van der Waals surface area contributed by atoms with Crippen molar-refractivity contribution >= 4 is 5.96 Å². The Kier molecular flexibility index (Phi) is 5.63. The van der Waals surface area contributed by atoms with Gasteiger partial charge in [0.05, 0.1) is 7.11 Å². The molecule has 0 fully saturated rings. The summed E-state index contributed by atoms with van der Waals surface area (Å²) in [6, 6.07) is 7.90. The van der Waals surface area contributed by atoms with E-state index in [2.05, 4.69) is 25.2 Å². The van der Waals surface area contributed by atoms with Crippen LogP contribution in [0.5, 0.6) is 5.88 Å². The fourth-order valence-corrected chi connectivity index (χ4v) is 1.96. The van der Waals surface area contributed by atoms with Gasteiger partial charge in [0.15, 0.2) is 5.96 Å². The third kappa shape index (κ3) is 4.52. The standard InChI is InChI=1S/C15H21N5O/c1-16-15(18-8-11-20-9-3-4-10-20)19-12-13-6-5-7-17-14(13)21-2/h3-7,9-10H,8,11-12H2,1-2H3,(H2,16,18,19). The van der Waals surface area contributed by atoms with Crippen molar-refractivity contribution in [2.75, 3.05) is 20.7 Å². The molecule has 0 aliphatic rings. The predicted molar refractivity (Wildman–Crippen MR) is 83.4 cm³/mol. The average molecular weight is 287 g/mol. The molecule has 0 saturated carbocycles. The molecule has 0 aliphatic heterocycles. The van der Waals surface area contributed by atoms with Crippen LogP contribution in [0.25, 0.3) is 0 Å². The summed E-state index contributed by atoms with van der Waals surface area (Å²) in [6.45, 7) is 2.31. The van der Waals surface area contributed by atoms with Gasteiger partial charge in [-0.3, -0.25) is 4.99 Å². The Hall–Kier alpha value is -2.50. The summed E-state index contributed by atoms with van der Waals surface area (Å²) >= 11 is 0. The van der Waals surface area contributed by atoms with E-state index < -0.39 is 0 Å². The highest BCUT2D eigenvalue weighted by atomic mass is 16.5. The molecule has 21 heavy (non-hydrogen) atoms. The van der Waals surface area contributed by atoms with Crippen LogP contribution in [-0.2, 0) is 13.1 Å². The van der Waals surface area contributed by atoms with Crippen molar-refractivity contribution in [3.05, 3.63) is 48.4 Å². The lowest BCUT2D eigenvalue weighted by Gasteiger charge is -2.13. The largest absolute Gasteiger partial charge is 0.481 e. The maximum Gasteiger partial charge on any atom is 0.218 e. The van der Waals surface area contributed by atoms with Crippen molar-refractivity contribution in [3.8, 4) is 5.88 Å². The molecule has 6 nitrogen and oxygen atoms in total. The second-order valence-corrected chi connectivity index (χ2v) is 4.45. The van der Waals surface area contributed by atoms with E-state index in [0.717, 1.165) is 24.6 Å². The number of hydrogen-bond donors (Lipinski definition) is 2. The molecule has 2 rings (SSSR count). The first-order valence-corrected chi connectivity index (χ1v) is 6.86. The monoisotopic (exact) mass is 287 g/mol. The van der Waals surface area contributed by atoms with E-state index >= 15 is 0 Å². The molecule has 6 heteroatoms. The van der Waals surface area contributed by atoms with Crippen molar-refractivity contribution in [1.82, 2.24) is 20.2 Å². The molecular weight excluding hydrogens is 266 g/mol. The van der Waals surface area contributed by atoms with Crippen molar-refractivity contribution < 1.29 is 4.74 Å². The molecule has 2 aromatic rings. The number of ether oxygens (including phenoxy) is 1. The van der Waals surface area contributed by atoms with Crippen LogP contribution in [0.2, 0.25) is 0 Å². The van der Waals surface area contributed by atoms with Gasteiger partial charge in [0.2, 0.25) is 5.88 Å². The van der Waals surface area contributed by atoms with Gasteiger partial charge in [-0.2, -0.15) is 0 Å². The van der Waals surface area contributed by atoms with Gasteiger partial charge in [0.25, 0.3) is 0 Å². The minimum atomic E-state index is 0.611. The number of guanidine groups is 1. The van der Waals surface area contributed by atoms with E-state index in [4.69, 9.17) is 4.74 Å². The fraction of sp³-hybridized carbons (Fsp3) is 0.333. The van der Waals surface area contributed by atoms with E-state index in [1.54, 1.807) is 20.4 Å². The van der Waals surface area contributed by atoms with Gasteiger partial charge in [-0.15, -0.1) is 0 Å². The van der Waals surface area contributed by atoms with E-state index in [-0.39, 0.29) is 0 Å². The highest BCUT2D eigenvalue weighted by Gasteiger charge is 2.04.